The second kappa shape index (κ2) is 9.22. The number of rotatable bonds is 3. The second-order valence-corrected chi connectivity index (χ2v) is 6.30. The standard InChI is InChI=1S/C18H23N3O2.2ClH/c1-12(19)14-7-9-21(10-8-14)18(22)15-5-6-16(20-13(15)2)17-4-3-11-23-17;;/h3-6,11-12,14H,7-10,19H2,1-2H3;2*1H. The Morgan fingerprint density at radius 2 is 1.96 bits per heavy atom. The van der Waals surface area contributed by atoms with E-state index in [-0.39, 0.29) is 36.8 Å². The van der Waals surface area contributed by atoms with E-state index in [0.29, 0.717) is 17.2 Å². The molecule has 0 radical (unpaired) electrons. The highest BCUT2D eigenvalue weighted by Gasteiger charge is 2.26. The van der Waals surface area contributed by atoms with Gasteiger partial charge in [-0.1, -0.05) is 0 Å². The number of hydrogen-bond acceptors (Lipinski definition) is 4. The molecule has 1 aliphatic rings. The zero-order valence-corrected chi connectivity index (χ0v) is 16.1. The number of nitrogens with two attached hydrogens (primary N) is 1. The minimum absolute atomic E-state index is 0. The van der Waals surface area contributed by atoms with Crippen LogP contribution >= 0.6 is 24.8 Å². The molecule has 1 saturated heterocycles. The molecule has 1 atom stereocenters. The molecule has 0 aliphatic carbocycles. The zero-order chi connectivity index (χ0) is 16.4. The molecule has 1 amide bonds. The van der Waals surface area contributed by atoms with Crippen LogP contribution in [0.15, 0.2) is 34.9 Å². The summed E-state index contributed by atoms with van der Waals surface area (Å²) < 4.78 is 5.36. The first kappa shape index (κ1) is 21.5. The summed E-state index contributed by atoms with van der Waals surface area (Å²) in [5, 5.41) is 0. The Hall–Kier alpha value is -1.56. The van der Waals surface area contributed by atoms with Crippen LogP contribution in [0.3, 0.4) is 0 Å². The molecule has 0 saturated carbocycles. The van der Waals surface area contributed by atoms with Gasteiger partial charge in [-0.05, 0) is 56.9 Å². The summed E-state index contributed by atoms with van der Waals surface area (Å²) in [6, 6.07) is 7.58. The lowest BCUT2D eigenvalue weighted by Crippen LogP contribution is -2.42. The molecule has 2 aromatic heterocycles. The predicted octanol–water partition coefficient (Wildman–Crippen LogP) is 3.69. The molecule has 3 heterocycles. The fraction of sp³-hybridized carbons (Fsp3) is 0.444. The van der Waals surface area contributed by atoms with E-state index < -0.39 is 0 Å². The van der Waals surface area contributed by atoms with Crippen molar-refractivity contribution in [2.24, 2.45) is 11.7 Å². The van der Waals surface area contributed by atoms with E-state index in [2.05, 4.69) is 4.98 Å². The lowest BCUT2D eigenvalue weighted by atomic mass is 9.90. The normalized spacial score (nSPS) is 15.9. The Morgan fingerprint density at radius 1 is 1.28 bits per heavy atom. The first-order valence-corrected chi connectivity index (χ1v) is 8.12. The fourth-order valence-corrected chi connectivity index (χ4v) is 3.15. The van der Waals surface area contributed by atoms with Gasteiger partial charge < -0.3 is 15.1 Å². The van der Waals surface area contributed by atoms with E-state index in [1.165, 1.54) is 0 Å². The number of aryl methyl sites for hydroxylation is 1. The van der Waals surface area contributed by atoms with Crippen LogP contribution in [0, 0.1) is 12.8 Å². The number of pyridine rings is 1. The molecule has 7 heteroatoms. The van der Waals surface area contributed by atoms with E-state index >= 15 is 0 Å². The van der Waals surface area contributed by atoms with Crippen molar-refractivity contribution in [2.45, 2.75) is 32.7 Å². The van der Waals surface area contributed by atoms with Gasteiger partial charge in [0.2, 0.25) is 0 Å². The number of furan rings is 1. The Balaban J connectivity index is 0.00000156. The minimum atomic E-state index is 0. The summed E-state index contributed by atoms with van der Waals surface area (Å²) in [6.07, 6.45) is 3.56. The molecule has 5 nitrogen and oxygen atoms in total. The molecule has 0 spiro atoms. The molecule has 1 aliphatic heterocycles. The number of piperidine rings is 1. The number of carbonyl (C=O) groups excluding carboxylic acids is 1. The van der Waals surface area contributed by atoms with Crippen LogP contribution in [0.1, 0.15) is 35.8 Å². The molecule has 0 aromatic carbocycles. The second-order valence-electron chi connectivity index (χ2n) is 6.30. The molecule has 3 rings (SSSR count). The van der Waals surface area contributed by atoms with E-state index in [4.69, 9.17) is 10.2 Å². The molecular formula is C18H25Cl2N3O2. The van der Waals surface area contributed by atoms with Crippen LogP contribution in [0.5, 0.6) is 0 Å². The summed E-state index contributed by atoms with van der Waals surface area (Å²) in [4.78, 5) is 19.2. The first-order valence-electron chi connectivity index (χ1n) is 8.12. The van der Waals surface area contributed by atoms with Gasteiger partial charge in [0.15, 0.2) is 5.76 Å². The van der Waals surface area contributed by atoms with Crippen LogP contribution in [-0.2, 0) is 0 Å². The largest absolute Gasteiger partial charge is 0.463 e. The fourth-order valence-electron chi connectivity index (χ4n) is 3.15. The van der Waals surface area contributed by atoms with Crippen molar-refractivity contribution < 1.29 is 9.21 Å². The van der Waals surface area contributed by atoms with Gasteiger partial charge in [0.05, 0.1) is 17.5 Å². The number of likely N-dealkylation sites (tertiary alicyclic amines) is 1. The molecule has 1 fully saturated rings. The minimum Gasteiger partial charge on any atom is -0.463 e. The van der Waals surface area contributed by atoms with Gasteiger partial charge in [-0.15, -0.1) is 24.8 Å². The topological polar surface area (TPSA) is 72.4 Å². The quantitative estimate of drug-likeness (QED) is 0.873. The summed E-state index contributed by atoms with van der Waals surface area (Å²) in [5.74, 6) is 1.29. The van der Waals surface area contributed by atoms with Crippen molar-refractivity contribution in [2.75, 3.05) is 13.1 Å². The third-order valence-corrected chi connectivity index (χ3v) is 4.66. The maximum absolute atomic E-state index is 12.7. The third kappa shape index (κ3) is 4.75. The van der Waals surface area contributed by atoms with Crippen molar-refractivity contribution in [1.29, 1.82) is 0 Å². The van der Waals surface area contributed by atoms with E-state index in [9.17, 15) is 4.79 Å². The van der Waals surface area contributed by atoms with Crippen LogP contribution in [0.4, 0.5) is 0 Å². The molecule has 0 bridgehead atoms. The summed E-state index contributed by atoms with van der Waals surface area (Å²) >= 11 is 0. The number of nitrogens with zero attached hydrogens (tertiary/aromatic N) is 2. The van der Waals surface area contributed by atoms with Crippen molar-refractivity contribution in [1.82, 2.24) is 9.88 Å². The smallest absolute Gasteiger partial charge is 0.255 e. The van der Waals surface area contributed by atoms with E-state index in [1.807, 2.05) is 43.0 Å². The highest BCUT2D eigenvalue weighted by molar-refractivity contribution is 5.95. The summed E-state index contributed by atoms with van der Waals surface area (Å²) in [7, 11) is 0. The lowest BCUT2D eigenvalue weighted by molar-refractivity contribution is 0.0680. The highest BCUT2D eigenvalue weighted by atomic mass is 35.5. The summed E-state index contributed by atoms with van der Waals surface area (Å²) in [5.41, 5.74) is 8.12. The van der Waals surface area contributed by atoms with Crippen LogP contribution in [0.2, 0.25) is 0 Å². The van der Waals surface area contributed by atoms with Gasteiger partial charge in [-0.3, -0.25) is 4.79 Å². The SMILES string of the molecule is Cc1nc(-c2ccco2)ccc1C(=O)N1CCC(C(C)N)CC1.Cl.Cl. The summed E-state index contributed by atoms with van der Waals surface area (Å²) in [6.45, 7) is 5.45. The highest BCUT2D eigenvalue weighted by Crippen LogP contribution is 2.23. The average Bonchev–Trinajstić information content (AvgIpc) is 3.08. The zero-order valence-electron chi connectivity index (χ0n) is 14.5. The van der Waals surface area contributed by atoms with Gasteiger partial charge in [0.25, 0.3) is 5.91 Å². The Labute approximate surface area is 160 Å². The number of carbonyl (C=O) groups is 1. The Bertz CT molecular complexity index is 682. The number of hydrogen-bond donors (Lipinski definition) is 1. The molecule has 2 aromatic rings. The van der Waals surface area contributed by atoms with Crippen molar-refractivity contribution in [3.63, 3.8) is 0 Å². The first-order chi connectivity index (χ1) is 11.1. The van der Waals surface area contributed by atoms with Gasteiger partial charge in [0.1, 0.15) is 5.69 Å². The van der Waals surface area contributed by atoms with E-state index in [1.54, 1.807) is 6.26 Å². The molecule has 138 valence electrons. The van der Waals surface area contributed by atoms with Crippen LogP contribution < -0.4 is 5.73 Å². The van der Waals surface area contributed by atoms with Gasteiger partial charge in [-0.25, -0.2) is 4.98 Å². The third-order valence-electron chi connectivity index (χ3n) is 4.66. The molecule has 1 unspecified atom stereocenters. The van der Waals surface area contributed by atoms with Crippen molar-refractivity contribution in [3.05, 3.63) is 41.8 Å². The molecule has 2 N–H and O–H groups in total. The van der Waals surface area contributed by atoms with Crippen molar-refractivity contribution in [3.8, 4) is 11.5 Å². The van der Waals surface area contributed by atoms with Gasteiger partial charge >= 0.3 is 0 Å². The molecular weight excluding hydrogens is 361 g/mol. The Morgan fingerprint density at radius 3 is 2.48 bits per heavy atom. The predicted molar refractivity (Wildman–Crippen MR) is 103 cm³/mol. The van der Waals surface area contributed by atoms with Gasteiger partial charge in [-0.2, -0.15) is 0 Å². The van der Waals surface area contributed by atoms with Crippen LogP contribution in [-0.4, -0.2) is 34.9 Å². The number of aromatic nitrogens is 1. The Kier molecular flexibility index (Phi) is 7.93. The number of halogens is 2. The monoisotopic (exact) mass is 385 g/mol. The van der Waals surface area contributed by atoms with E-state index in [0.717, 1.165) is 37.3 Å². The number of amides is 1. The maximum atomic E-state index is 12.7. The molecule has 25 heavy (non-hydrogen) atoms. The lowest BCUT2D eigenvalue weighted by Gasteiger charge is -2.34. The van der Waals surface area contributed by atoms with Gasteiger partial charge in [0, 0.05) is 19.1 Å². The maximum Gasteiger partial charge on any atom is 0.255 e. The average molecular weight is 386 g/mol. The van der Waals surface area contributed by atoms with Crippen molar-refractivity contribution >= 4 is 30.7 Å². The van der Waals surface area contributed by atoms with Crippen LogP contribution in [0.25, 0.3) is 11.5 Å².